The van der Waals surface area contributed by atoms with Crippen LogP contribution in [0.15, 0.2) is 48.5 Å². The highest BCUT2D eigenvalue weighted by Crippen LogP contribution is 2.18. The van der Waals surface area contributed by atoms with Gasteiger partial charge in [0.15, 0.2) is 12.7 Å². The maximum Gasteiger partial charge on any atom is 0.279 e. The van der Waals surface area contributed by atoms with E-state index in [1.165, 1.54) is 0 Å². The molecule has 138 valence electrons. The molecule has 0 fully saturated rings. The van der Waals surface area contributed by atoms with Gasteiger partial charge in [0.1, 0.15) is 17.2 Å². The number of amides is 2. The lowest BCUT2D eigenvalue weighted by molar-refractivity contribution is -0.133. The van der Waals surface area contributed by atoms with Gasteiger partial charge in [-0.05, 0) is 49.7 Å². The minimum atomic E-state index is -0.765. The second-order valence-corrected chi connectivity index (χ2v) is 5.53. The van der Waals surface area contributed by atoms with Crippen molar-refractivity contribution < 1.29 is 23.8 Å². The fraction of sp³-hybridized carbons (Fsp3) is 0.263. The normalized spacial score (nSPS) is 11.2. The molecule has 2 aromatic carbocycles. The topological polar surface area (TPSA) is 85.9 Å². The molecule has 2 aromatic rings. The Morgan fingerprint density at radius 2 is 1.65 bits per heavy atom. The van der Waals surface area contributed by atoms with E-state index < -0.39 is 17.9 Å². The van der Waals surface area contributed by atoms with Gasteiger partial charge in [0.25, 0.3) is 11.8 Å². The molecular formula is C19H22N2O5. The average molecular weight is 358 g/mol. The molecule has 1 unspecified atom stereocenters. The first kappa shape index (κ1) is 19.1. The number of methoxy groups -OCH3 is 1. The maximum atomic E-state index is 12.0. The minimum Gasteiger partial charge on any atom is -0.497 e. The van der Waals surface area contributed by atoms with E-state index in [1.54, 1.807) is 44.4 Å². The Labute approximate surface area is 152 Å². The molecule has 2 rings (SSSR count). The van der Waals surface area contributed by atoms with E-state index >= 15 is 0 Å². The first-order valence-electron chi connectivity index (χ1n) is 8.07. The second kappa shape index (κ2) is 9.31. The number of rotatable bonds is 7. The van der Waals surface area contributed by atoms with Crippen LogP contribution in [0.4, 0.5) is 0 Å². The van der Waals surface area contributed by atoms with Gasteiger partial charge in [-0.15, -0.1) is 0 Å². The summed E-state index contributed by atoms with van der Waals surface area (Å²) in [6.07, 6.45) is -0.765. The number of hydrazine groups is 1. The van der Waals surface area contributed by atoms with Crippen molar-refractivity contribution in [3.63, 3.8) is 0 Å². The van der Waals surface area contributed by atoms with Crippen molar-refractivity contribution in [2.24, 2.45) is 0 Å². The number of hydrogen-bond donors (Lipinski definition) is 2. The zero-order chi connectivity index (χ0) is 18.9. The average Bonchev–Trinajstić information content (AvgIpc) is 2.66. The SMILES string of the molecule is COc1ccc(OCC(=O)NNC(=O)C(C)Oc2ccccc2C)cc1. The Balaban J connectivity index is 1.73. The molecular weight excluding hydrogens is 336 g/mol. The van der Waals surface area contributed by atoms with E-state index in [0.29, 0.717) is 17.2 Å². The zero-order valence-corrected chi connectivity index (χ0v) is 14.9. The van der Waals surface area contributed by atoms with Crippen LogP contribution in [0.3, 0.4) is 0 Å². The number of para-hydroxylation sites is 1. The molecule has 0 spiro atoms. The highest BCUT2D eigenvalue weighted by molar-refractivity contribution is 5.85. The van der Waals surface area contributed by atoms with Gasteiger partial charge in [-0.3, -0.25) is 20.4 Å². The van der Waals surface area contributed by atoms with Crippen LogP contribution >= 0.6 is 0 Å². The van der Waals surface area contributed by atoms with Gasteiger partial charge >= 0.3 is 0 Å². The first-order chi connectivity index (χ1) is 12.5. The van der Waals surface area contributed by atoms with E-state index in [1.807, 2.05) is 25.1 Å². The molecule has 7 heteroatoms. The molecule has 0 saturated heterocycles. The van der Waals surface area contributed by atoms with Crippen LogP contribution in [-0.2, 0) is 9.59 Å². The summed E-state index contributed by atoms with van der Waals surface area (Å²) in [5.74, 6) is 0.868. The van der Waals surface area contributed by atoms with E-state index in [0.717, 1.165) is 5.56 Å². The van der Waals surface area contributed by atoms with Gasteiger partial charge < -0.3 is 14.2 Å². The number of hydrogen-bond acceptors (Lipinski definition) is 5. The van der Waals surface area contributed by atoms with Crippen molar-refractivity contribution in [2.75, 3.05) is 13.7 Å². The summed E-state index contributed by atoms with van der Waals surface area (Å²) in [6.45, 7) is 3.25. The number of ether oxygens (including phenoxy) is 3. The maximum absolute atomic E-state index is 12.0. The van der Waals surface area contributed by atoms with Crippen LogP contribution in [0.25, 0.3) is 0 Å². The van der Waals surface area contributed by atoms with Gasteiger partial charge in [-0.25, -0.2) is 0 Å². The monoisotopic (exact) mass is 358 g/mol. The molecule has 0 heterocycles. The molecule has 0 aliphatic heterocycles. The van der Waals surface area contributed by atoms with Crippen molar-refractivity contribution in [1.82, 2.24) is 10.9 Å². The van der Waals surface area contributed by atoms with Gasteiger partial charge in [0.2, 0.25) is 0 Å². The Morgan fingerprint density at radius 3 is 2.31 bits per heavy atom. The van der Waals surface area contributed by atoms with Crippen LogP contribution in [0.1, 0.15) is 12.5 Å². The van der Waals surface area contributed by atoms with Crippen molar-refractivity contribution in [3.8, 4) is 17.2 Å². The summed E-state index contributed by atoms with van der Waals surface area (Å²) in [7, 11) is 1.57. The number of carbonyl (C=O) groups excluding carboxylic acids is 2. The molecule has 0 saturated carbocycles. The van der Waals surface area contributed by atoms with Gasteiger partial charge in [0.05, 0.1) is 7.11 Å². The summed E-state index contributed by atoms with van der Waals surface area (Å²) in [6, 6.07) is 14.2. The molecule has 2 amide bonds. The fourth-order valence-electron chi connectivity index (χ4n) is 2.02. The lowest BCUT2D eigenvalue weighted by Gasteiger charge is -2.16. The highest BCUT2D eigenvalue weighted by Gasteiger charge is 2.16. The molecule has 0 bridgehead atoms. The van der Waals surface area contributed by atoms with Crippen LogP contribution in [0, 0.1) is 6.92 Å². The molecule has 0 radical (unpaired) electrons. The van der Waals surface area contributed by atoms with Crippen LogP contribution in [0.5, 0.6) is 17.2 Å². The molecule has 0 aliphatic rings. The summed E-state index contributed by atoms with van der Waals surface area (Å²) in [4.78, 5) is 23.8. The number of carbonyl (C=O) groups is 2. The van der Waals surface area contributed by atoms with E-state index in [-0.39, 0.29) is 6.61 Å². The van der Waals surface area contributed by atoms with Crippen LogP contribution in [-0.4, -0.2) is 31.6 Å². The number of benzene rings is 2. The smallest absolute Gasteiger partial charge is 0.279 e. The summed E-state index contributed by atoms with van der Waals surface area (Å²) in [5, 5.41) is 0. The Kier molecular flexibility index (Phi) is 6.84. The minimum absolute atomic E-state index is 0.236. The van der Waals surface area contributed by atoms with Gasteiger partial charge in [-0.2, -0.15) is 0 Å². The highest BCUT2D eigenvalue weighted by atomic mass is 16.5. The van der Waals surface area contributed by atoms with Gasteiger partial charge in [0, 0.05) is 0 Å². The lowest BCUT2D eigenvalue weighted by atomic mass is 10.2. The van der Waals surface area contributed by atoms with Crippen molar-refractivity contribution in [3.05, 3.63) is 54.1 Å². The molecule has 0 aromatic heterocycles. The van der Waals surface area contributed by atoms with Gasteiger partial charge in [-0.1, -0.05) is 18.2 Å². The third-order valence-corrected chi connectivity index (χ3v) is 3.52. The Morgan fingerprint density at radius 1 is 1.00 bits per heavy atom. The molecule has 2 N–H and O–H groups in total. The molecule has 7 nitrogen and oxygen atoms in total. The number of nitrogens with one attached hydrogen (secondary N) is 2. The quantitative estimate of drug-likeness (QED) is 0.740. The summed E-state index contributed by atoms with van der Waals surface area (Å²) < 4.78 is 15.9. The summed E-state index contributed by atoms with van der Waals surface area (Å²) in [5.41, 5.74) is 5.52. The lowest BCUT2D eigenvalue weighted by Crippen LogP contribution is -2.48. The van der Waals surface area contributed by atoms with E-state index in [2.05, 4.69) is 10.9 Å². The van der Waals surface area contributed by atoms with E-state index in [4.69, 9.17) is 14.2 Å². The van der Waals surface area contributed by atoms with Crippen molar-refractivity contribution >= 4 is 11.8 Å². The second-order valence-electron chi connectivity index (χ2n) is 5.53. The van der Waals surface area contributed by atoms with Crippen LogP contribution in [0.2, 0.25) is 0 Å². The predicted molar refractivity (Wildman–Crippen MR) is 96.0 cm³/mol. The molecule has 1 atom stereocenters. The molecule has 0 aliphatic carbocycles. The third kappa shape index (κ3) is 5.70. The fourth-order valence-corrected chi connectivity index (χ4v) is 2.02. The van der Waals surface area contributed by atoms with Crippen molar-refractivity contribution in [2.45, 2.75) is 20.0 Å². The van der Waals surface area contributed by atoms with E-state index in [9.17, 15) is 9.59 Å². The summed E-state index contributed by atoms with van der Waals surface area (Å²) >= 11 is 0. The standard InChI is InChI=1S/C19H22N2O5/c1-13-6-4-5-7-17(13)26-14(2)19(23)21-20-18(22)12-25-16-10-8-15(24-3)9-11-16/h4-11,14H,12H2,1-3H3,(H,20,22)(H,21,23). The first-order valence-corrected chi connectivity index (χ1v) is 8.07. The largest absolute Gasteiger partial charge is 0.497 e. The van der Waals surface area contributed by atoms with Crippen LogP contribution < -0.4 is 25.1 Å². The van der Waals surface area contributed by atoms with Crippen molar-refractivity contribution in [1.29, 1.82) is 0 Å². The zero-order valence-electron chi connectivity index (χ0n) is 14.9. The third-order valence-electron chi connectivity index (χ3n) is 3.52. The molecule has 26 heavy (non-hydrogen) atoms. The number of aryl methyl sites for hydroxylation is 1. The Hall–Kier alpha value is -3.22. The Bertz CT molecular complexity index is 746. The predicted octanol–water partition coefficient (Wildman–Crippen LogP) is 2.00.